The molecule has 0 saturated heterocycles. The van der Waals surface area contributed by atoms with E-state index in [1.165, 1.54) is 9.46 Å². The number of rotatable bonds is 4. The van der Waals surface area contributed by atoms with Crippen LogP contribution in [0.25, 0.3) is 10.9 Å². The number of carbonyl (C=O) groups is 1. The SMILES string of the molecule is O=C(CCn1c(=O)[nH]c(=O)c2ccccc21)NC1CCSc2ccccc21. The van der Waals surface area contributed by atoms with Crippen LogP contribution >= 0.6 is 11.8 Å². The van der Waals surface area contributed by atoms with Gasteiger partial charge < -0.3 is 5.32 Å². The molecule has 2 heterocycles. The normalized spacial score (nSPS) is 16.1. The Morgan fingerprint density at radius 3 is 2.81 bits per heavy atom. The molecule has 1 aliphatic heterocycles. The summed E-state index contributed by atoms with van der Waals surface area (Å²) in [6.45, 7) is 0.213. The predicted molar refractivity (Wildman–Crippen MR) is 106 cm³/mol. The molecule has 1 aromatic heterocycles. The van der Waals surface area contributed by atoms with Gasteiger partial charge in [0, 0.05) is 23.6 Å². The van der Waals surface area contributed by atoms with E-state index in [9.17, 15) is 14.4 Å². The molecule has 6 nitrogen and oxygen atoms in total. The first-order valence-electron chi connectivity index (χ1n) is 8.86. The highest BCUT2D eigenvalue weighted by atomic mass is 32.2. The predicted octanol–water partition coefficient (Wildman–Crippen LogP) is 2.43. The topological polar surface area (TPSA) is 84.0 Å². The van der Waals surface area contributed by atoms with Crippen molar-refractivity contribution in [1.82, 2.24) is 14.9 Å². The van der Waals surface area contributed by atoms with Crippen molar-refractivity contribution in [2.24, 2.45) is 0 Å². The summed E-state index contributed by atoms with van der Waals surface area (Å²) in [6.07, 6.45) is 1.05. The molecule has 0 saturated carbocycles. The lowest BCUT2D eigenvalue weighted by atomic mass is 10.0. The summed E-state index contributed by atoms with van der Waals surface area (Å²) in [7, 11) is 0. The lowest BCUT2D eigenvalue weighted by Crippen LogP contribution is -2.34. The Balaban J connectivity index is 1.51. The Hall–Kier alpha value is -2.80. The Labute approximate surface area is 159 Å². The monoisotopic (exact) mass is 381 g/mol. The minimum absolute atomic E-state index is 0.000929. The van der Waals surface area contributed by atoms with Gasteiger partial charge in [0.15, 0.2) is 0 Å². The molecule has 0 bridgehead atoms. The van der Waals surface area contributed by atoms with Gasteiger partial charge in [0.2, 0.25) is 5.91 Å². The number of hydrogen-bond acceptors (Lipinski definition) is 4. The van der Waals surface area contributed by atoms with Gasteiger partial charge in [0.05, 0.1) is 16.9 Å². The average molecular weight is 381 g/mol. The largest absolute Gasteiger partial charge is 0.349 e. The van der Waals surface area contributed by atoms with Crippen molar-refractivity contribution in [3.05, 3.63) is 74.9 Å². The third kappa shape index (κ3) is 3.55. The number of aryl methyl sites for hydroxylation is 1. The standard InChI is InChI=1S/C20H19N3O3S/c24-18(21-15-10-12-27-17-8-4-2-5-13(15)17)9-11-23-16-7-3-1-6-14(16)19(25)22-20(23)26/h1-8,15H,9-12H2,(H,21,24)(H,22,25,26). The maximum absolute atomic E-state index is 12.5. The van der Waals surface area contributed by atoms with Crippen molar-refractivity contribution < 1.29 is 4.79 Å². The molecule has 0 aliphatic carbocycles. The quantitative estimate of drug-likeness (QED) is 0.727. The van der Waals surface area contributed by atoms with Gasteiger partial charge >= 0.3 is 5.69 Å². The molecule has 0 radical (unpaired) electrons. The van der Waals surface area contributed by atoms with Gasteiger partial charge in [-0.25, -0.2) is 4.79 Å². The zero-order valence-corrected chi connectivity index (χ0v) is 15.4. The second-order valence-corrected chi connectivity index (χ2v) is 7.61. The second-order valence-electron chi connectivity index (χ2n) is 6.47. The van der Waals surface area contributed by atoms with Gasteiger partial charge in [-0.3, -0.25) is 19.1 Å². The van der Waals surface area contributed by atoms with Crippen molar-refractivity contribution in [2.45, 2.75) is 30.3 Å². The molecule has 1 atom stereocenters. The van der Waals surface area contributed by atoms with Crippen LogP contribution in [0.4, 0.5) is 0 Å². The number of hydrogen-bond donors (Lipinski definition) is 2. The molecule has 27 heavy (non-hydrogen) atoms. The van der Waals surface area contributed by atoms with E-state index in [4.69, 9.17) is 0 Å². The summed E-state index contributed by atoms with van der Waals surface area (Å²) in [5.41, 5.74) is 0.783. The molecule has 2 N–H and O–H groups in total. The van der Waals surface area contributed by atoms with Gasteiger partial charge in [-0.15, -0.1) is 11.8 Å². The maximum Gasteiger partial charge on any atom is 0.328 e. The fourth-order valence-electron chi connectivity index (χ4n) is 3.44. The van der Waals surface area contributed by atoms with Crippen LogP contribution in [0.3, 0.4) is 0 Å². The fourth-order valence-corrected chi connectivity index (χ4v) is 4.56. The van der Waals surface area contributed by atoms with Crippen molar-refractivity contribution in [1.29, 1.82) is 0 Å². The number of H-pyrrole nitrogens is 1. The van der Waals surface area contributed by atoms with E-state index in [2.05, 4.69) is 16.4 Å². The number of thioether (sulfide) groups is 1. The Kier molecular flexibility index (Phi) is 4.85. The summed E-state index contributed by atoms with van der Waals surface area (Å²) in [5.74, 6) is 0.857. The minimum Gasteiger partial charge on any atom is -0.349 e. The summed E-state index contributed by atoms with van der Waals surface area (Å²) in [5, 5.41) is 3.53. The number of fused-ring (bicyclic) bond motifs is 2. The number of carbonyl (C=O) groups excluding carboxylic acids is 1. The van der Waals surface area contributed by atoms with E-state index in [1.807, 2.05) is 18.2 Å². The van der Waals surface area contributed by atoms with E-state index in [0.717, 1.165) is 17.7 Å². The zero-order valence-electron chi connectivity index (χ0n) is 14.6. The number of nitrogens with one attached hydrogen (secondary N) is 2. The van der Waals surface area contributed by atoms with Crippen LogP contribution < -0.4 is 16.6 Å². The van der Waals surface area contributed by atoms with Crippen molar-refractivity contribution in [3.8, 4) is 0 Å². The van der Waals surface area contributed by atoms with E-state index in [1.54, 1.807) is 36.0 Å². The first-order valence-corrected chi connectivity index (χ1v) is 9.85. The van der Waals surface area contributed by atoms with Crippen molar-refractivity contribution in [3.63, 3.8) is 0 Å². The van der Waals surface area contributed by atoms with Crippen LogP contribution in [-0.2, 0) is 11.3 Å². The van der Waals surface area contributed by atoms with Crippen molar-refractivity contribution in [2.75, 3.05) is 5.75 Å². The van der Waals surface area contributed by atoms with Crippen LogP contribution in [0.2, 0.25) is 0 Å². The van der Waals surface area contributed by atoms with Gasteiger partial charge in [0.1, 0.15) is 0 Å². The number of nitrogens with zero attached hydrogens (tertiary/aromatic N) is 1. The summed E-state index contributed by atoms with van der Waals surface area (Å²) < 4.78 is 1.45. The molecule has 7 heteroatoms. The van der Waals surface area contributed by atoms with Crippen LogP contribution in [0.1, 0.15) is 24.4 Å². The number of para-hydroxylation sites is 1. The first kappa shape index (κ1) is 17.6. The Bertz CT molecular complexity index is 1120. The third-order valence-electron chi connectivity index (χ3n) is 4.76. The van der Waals surface area contributed by atoms with E-state index < -0.39 is 11.2 Å². The van der Waals surface area contributed by atoms with Crippen LogP contribution in [-0.4, -0.2) is 21.2 Å². The fraction of sp³-hybridized carbons (Fsp3) is 0.250. The molecule has 0 fully saturated rings. The molecular weight excluding hydrogens is 362 g/mol. The average Bonchev–Trinajstić information content (AvgIpc) is 2.68. The lowest BCUT2D eigenvalue weighted by molar-refractivity contribution is -0.122. The van der Waals surface area contributed by atoms with Crippen LogP contribution in [0, 0.1) is 0 Å². The van der Waals surface area contributed by atoms with Crippen molar-refractivity contribution >= 4 is 28.6 Å². The first-order chi connectivity index (χ1) is 13.1. The van der Waals surface area contributed by atoms with E-state index >= 15 is 0 Å². The molecule has 3 aromatic rings. The number of aromatic amines is 1. The van der Waals surface area contributed by atoms with E-state index in [-0.39, 0.29) is 24.9 Å². The molecule has 4 rings (SSSR count). The van der Waals surface area contributed by atoms with Crippen LogP contribution in [0.5, 0.6) is 0 Å². The molecule has 1 unspecified atom stereocenters. The highest BCUT2D eigenvalue weighted by Crippen LogP contribution is 2.35. The third-order valence-corrected chi connectivity index (χ3v) is 5.88. The molecule has 0 spiro atoms. The summed E-state index contributed by atoms with van der Waals surface area (Å²) in [4.78, 5) is 40.1. The minimum atomic E-state index is -0.495. The highest BCUT2D eigenvalue weighted by molar-refractivity contribution is 7.99. The van der Waals surface area contributed by atoms with Crippen LogP contribution in [0.15, 0.2) is 63.0 Å². The lowest BCUT2D eigenvalue weighted by Gasteiger charge is -2.26. The highest BCUT2D eigenvalue weighted by Gasteiger charge is 2.21. The molecule has 138 valence electrons. The molecule has 1 aliphatic rings. The van der Waals surface area contributed by atoms with Gasteiger partial charge in [-0.1, -0.05) is 30.3 Å². The maximum atomic E-state index is 12.5. The number of aromatic nitrogens is 2. The Morgan fingerprint density at radius 2 is 1.93 bits per heavy atom. The second kappa shape index (κ2) is 7.44. The number of amides is 1. The van der Waals surface area contributed by atoms with Gasteiger partial charge in [-0.2, -0.15) is 0 Å². The molecule has 1 amide bonds. The number of benzene rings is 2. The summed E-state index contributed by atoms with van der Waals surface area (Å²) in [6, 6.07) is 15.0. The molecular formula is C20H19N3O3S. The zero-order chi connectivity index (χ0) is 18.8. The summed E-state index contributed by atoms with van der Waals surface area (Å²) >= 11 is 1.80. The molecule has 2 aromatic carbocycles. The van der Waals surface area contributed by atoms with E-state index in [0.29, 0.717) is 10.9 Å². The van der Waals surface area contributed by atoms with Gasteiger partial charge in [0.25, 0.3) is 5.56 Å². The Morgan fingerprint density at radius 1 is 1.15 bits per heavy atom. The van der Waals surface area contributed by atoms with Gasteiger partial charge in [-0.05, 0) is 30.2 Å². The smallest absolute Gasteiger partial charge is 0.328 e.